The van der Waals surface area contributed by atoms with Crippen LogP contribution in [0.2, 0.25) is 0 Å². The number of hydrogen-bond acceptors (Lipinski definition) is 3. The van der Waals surface area contributed by atoms with Gasteiger partial charge in [0.25, 0.3) is 0 Å². The monoisotopic (exact) mass is 167 g/mol. The standard InChI is InChI=1S/C8H9NOS/c10-8-5-11-9-7-4-2-1-3-6(7)8/h1-2,4,6,9H,3,5H2. The van der Waals surface area contributed by atoms with Crippen LogP contribution in [0.5, 0.6) is 0 Å². The zero-order chi connectivity index (χ0) is 7.68. The van der Waals surface area contributed by atoms with Crippen molar-refractivity contribution < 1.29 is 4.79 Å². The van der Waals surface area contributed by atoms with Gasteiger partial charge in [0.15, 0.2) is 5.78 Å². The molecule has 0 aromatic heterocycles. The van der Waals surface area contributed by atoms with Gasteiger partial charge in [-0.2, -0.15) is 0 Å². The number of ketones is 1. The van der Waals surface area contributed by atoms with E-state index in [9.17, 15) is 4.79 Å². The molecule has 0 amide bonds. The van der Waals surface area contributed by atoms with E-state index in [0.29, 0.717) is 11.5 Å². The van der Waals surface area contributed by atoms with E-state index in [0.717, 1.165) is 12.1 Å². The predicted octanol–water partition coefficient (Wildman–Crippen LogP) is 1.27. The molecule has 1 saturated heterocycles. The lowest BCUT2D eigenvalue weighted by Gasteiger charge is -2.25. The van der Waals surface area contributed by atoms with E-state index in [4.69, 9.17) is 0 Å². The number of allylic oxidation sites excluding steroid dienone is 4. The fraction of sp³-hybridized carbons (Fsp3) is 0.375. The predicted molar refractivity (Wildman–Crippen MR) is 45.9 cm³/mol. The summed E-state index contributed by atoms with van der Waals surface area (Å²) in [5.41, 5.74) is 1.08. The Bertz CT molecular complexity index is 244. The maximum Gasteiger partial charge on any atom is 0.153 e. The Kier molecular flexibility index (Phi) is 1.74. The Hall–Kier alpha value is -0.700. The highest BCUT2D eigenvalue weighted by atomic mass is 32.2. The van der Waals surface area contributed by atoms with Crippen LogP contribution in [0.1, 0.15) is 6.42 Å². The molecule has 0 bridgehead atoms. The van der Waals surface area contributed by atoms with E-state index in [-0.39, 0.29) is 5.92 Å². The molecular formula is C8H9NOS. The van der Waals surface area contributed by atoms with E-state index >= 15 is 0 Å². The Morgan fingerprint density at radius 1 is 1.64 bits per heavy atom. The van der Waals surface area contributed by atoms with Crippen molar-refractivity contribution in [2.45, 2.75) is 6.42 Å². The molecule has 0 spiro atoms. The molecule has 1 heterocycles. The highest BCUT2D eigenvalue weighted by Crippen LogP contribution is 2.26. The van der Waals surface area contributed by atoms with Gasteiger partial charge in [0.05, 0.1) is 11.7 Å². The summed E-state index contributed by atoms with van der Waals surface area (Å²) in [6, 6.07) is 0. The van der Waals surface area contributed by atoms with Crippen molar-refractivity contribution >= 4 is 17.7 Å². The summed E-state index contributed by atoms with van der Waals surface area (Å²) in [7, 11) is 0. The molecule has 0 aromatic rings. The van der Waals surface area contributed by atoms with Crippen LogP contribution in [0, 0.1) is 5.92 Å². The van der Waals surface area contributed by atoms with Gasteiger partial charge in [0.1, 0.15) is 0 Å². The summed E-state index contributed by atoms with van der Waals surface area (Å²) in [4.78, 5) is 11.3. The van der Waals surface area contributed by atoms with Gasteiger partial charge in [-0.25, -0.2) is 0 Å². The molecule has 1 unspecified atom stereocenters. The summed E-state index contributed by atoms with van der Waals surface area (Å²) in [6.07, 6.45) is 6.90. The molecule has 1 aliphatic carbocycles. The minimum atomic E-state index is 0.126. The Balaban J connectivity index is 2.24. The average molecular weight is 167 g/mol. The van der Waals surface area contributed by atoms with Crippen LogP contribution in [0.4, 0.5) is 0 Å². The largest absolute Gasteiger partial charge is 0.332 e. The van der Waals surface area contributed by atoms with E-state index in [1.54, 1.807) is 0 Å². The molecule has 2 rings (SSSR count). The van der Waals surface area contributed by atoms with Crippen LogP contribution in [-0.4, -0.2) is 11.5 Å². The molecule has 2 aliphatic rings. The first kappa shape index (κ1) is 6.98. The number of carbonyl (C=O) groups excluding carboxylic acids is 1. The smallest absolute Gasteiger partial charge is 0.153 e. The minimum Gasteiger partial charge on any atom is -0.332 e. The van der Waals surface area contributed by atoms with Gasteiger partial charge in [-0.15, -0.1) is 0 Å². The van der Waals surface area contributed by atoms with Crippen molar-refractivity contribution in [1.29, 1.82) is 0 Å². The molecule has 3 heteroatoms. The van der Waals surface area contributed by atoms with Crippen LogP contribution in [0.15, 0.2) is 23.9 Å². The number of fused-ring (bicyclic) bond motifs is 1. The van der Waals surface area contributed by atoms with Crippen LogP contribution in [0.3, 0.4) is 0 Å². The number of Topliss-reactive ketones (excluding diaryl/α,β-unsaturated/α-hetero) is 1. The topological polar surface area (TPSA) is 29.1 Å². The summed E-state index contributed by atoms with van der Waals surface area (Å²) >= 11 is 1.49. The number of carbonyl (C=O) groups is 1. The van der Waals surface area contributed by atoms with Gasteiger partial charge in [-0.05, 0) is 24.4 Å². The highest BCUT2D eigenvalue weighted by Gasteiger charge is 2.26. The lowest BCUT2D eigenvalue weighted by Crippen LogP contribution is -2.31. The Labute approximate surface area is 69.9 Å². The molecular weight excluding hydrogens is 158 g/mol. The number of hydrogen-bond donors (Lipinski definition) is 1. The second-order valence-electron chi connectivity index (χ2n) is 2.70. The molecule has 2 nitrogen and oxygen atoms in total. The van der Waals surface area contributed by atoms with Crippen molar-refractivity contribution in [3.63, 3.8) is 0 Å². The SMILES string of the molecule is O=C1CSNC2=CC=CCC12. The number of nitrogens with one attached hydrogen (secondary N) is 1. The van der Waals surface area contributed by atoms with Crippen molar-refractivity contribution in [1.82, 2.24) is 4.72 Å². The minimum absolute atomic E-state index is 0.126. The highest BCUT2D eigenvalue weighted by molar-refractivity contribution is 7.98. The molecule has 0 aromatic carbocycles. The first-order valence-electron chi connectivity index (χ1n) is 3.65. The quantitative estimate of drug-likeness (QED) is 0.551. The summed E-state index contributed by atoms with van der Waals surface area (Å²) in [5, 5.41) is 0. The second kappa shape index (κ2) is 2.74. The third-order valence-electron chi connectivity index (χ3n) is 1.95. The first-order valence-corrected chi connectivity index (χ1v) is 4.64. The van der Waals surface area contributed by atoms with Crippen LogP contribution >= 0.6 is 11.9 Å². The van der Waals surface area contributed by atoms with Gasteiger partial charge >= 0.3 is 0 Å². The van der Waals surface area contributed by atoms with Crippen LogP contribution in [-0.2, 0) is 4.79 Å². The third kappa shape index (κ3) is 1.20. The molecule has 58 valence electrons. The normalized spacial score (nSPS) is 28.9. The maximum atomic E-state index is 11.3. The maximum absolute atomic E-state index is 11.3. The summed E-state index contributed by atoms with van der Waals surface area (Å²) in [6.45, 7) is 0. The van der Waals surface area contributed by atoms with Crippen molar-refractivity contribution in [2.24, 2.45) is 5.92 Å². The first-order chi connectivity index (χ1) is 5.38. The van der Waals surface area contributed by atoms with Gasteiger partial charge in [0, 0.05) is 5.70 Å². The second-order valence-corrected chi connectivity index (χ2v) is 3.48. The van der Waals surface area contributed by atoms with E-state index < -0.39 is 0 Å². The fourth-order valence-corrected chi connectivity index (χ4v) is 2.12. The molecule has 1 fully saturated rings. The zero-order valence-electron chi connectivity index (χ0n) is 6.04. The molecule has 0 radical (unpaired) electrons. The Morgan fingerprint density at radius 2 is 2.55 bits per heavy atom. The van der Waals surface area contributed by atoms with Crippen molar-refractivity contribution in [2.75, 3.05) is 5.75 Å². The van der Waals surface area contributed by atoms with Crippen molar-refractivity contribution in [3.8, 4) is 0 Å². The molecule has 1 atom stereocenters. The average Bonchev–Trinajstić information content (AvgIpc) is 2.06. The lowest BCUT2D eigenvalue weighted by atomic mass is 9.93. The van der Waals surface area contributed by atoms with E-state index in [1.807, 2.05) is 18.2 Å². The summed E-state index contributed by atoms with van der Waals surface area (Å²) < 4.78 is 3.16. The number of rotatable bonds is 0. The fourth-order valence-electron chi connectivity index (χ4n) is 1.33. The van der Waals surface area contributed by atoms with E-state index in [1.165, 1.54) is 11.9 Å². The summed E-state index contributed by atoms with van der Waals surface area (Å²) in [5.74, 6) is 1.08. The van der Waals surface area contributed by atoms with Gasteiger partial charge in [-0.3, -0.25) is 4.79 Å². The third-order valence-corrected chi connectivity index (χ3v) is 2.76. The molecule has 0 saturated carbocycles. The van der Waals surface area contributed by atoms with E-state index in [2.05, 4.69) is 4.72 Å². The molecule has 1 N–H and O–H groups in total. The molecule has 11 heavy (non-hydrogen) atoms. The molecule has 1 aliphatic heterocycles. The van der Waals surface area contributed by atoms with Crippen LogP contribution < -0.4 is 4.72 Å². The zero-order valence-corrected chi connectivity index (χ0v) is 6.86. The van der Waals surface area contributed by atoms with Gasteiger partial charge in [0.2, 0.25) is 0 Å². The van der Waals surface area contributed by atoms with Crippen LogP contribution in [0.25, 0.3) is 0 Å². The van der Waals surface area contributed by atoms with Gasteiger partial charge in [-0.1, -0.05) is 12.2 Å². The lowest BCUT2D eigenvalue weighted by molar-refractivity contribution is -0.119. The van der Waals surface area contributed by atoms with Gasteiger partial charge < -0.3 is 4.72 Å². The Morgan fingerprint density at radius 3 is 3.36 bits per heavy atom. The van der Waals surface area contributed by atoms with Crippen molar-refractivity contribution in [3.05, 3.63) is 23.9 Å².